The largest absolute Gasteiger partial charge is 0.496 e. The van der Waals surface area contributed by atoms with Gasteiger partial charge in [-0.15, -0.1) is 0 Å². The molecule has 15 heteroatoms. The Bertz CT molecular complexity index is 1350. The van der Waals surface area contributed by atoms with Crippen LogP contribution >= 0.6 is 0 Å². The average Bonchev–Trinajstić information content (AvgIpc) is 3.00. The summed E-state index contributed by atoms with van der Waals surface area (Å²) in [6.45, 7) is 10.0. The zero-order chi connectivity index (χ0) is 33.3. The van der Waals surface area contributed by atoms with E-state index in [-0.39, 0.29) is 5.92 Å². The van der Waals surface area contributed by atoms with E-state index in [1.807, 2.05) is 12.1 Å². The van der Waals surface area contributed by atoms with E-state index in [0.29, 0.717) is 11.5 Å². The molecule has 0 saturated carbocycles. The molecule has 0 radical (unpaired) electrons. The van der Waals surface area contributed by atoms with Gasteiger partial charge in [0.25, 0.3) is 0 Å². The molecule has 1 aromatic heterocycles. The first kappa shape index (κ1) is 35.3. The second-order valence-electron chi connectivity index (χ2n) is 11.0. The highest BCUT2D eigenvalue weighted by Crippen LogP contribution is 2.36. The van der Waals surface area contributed by atoms with Crippen molar-refractivity contribution >= 4 is 23.7 Å². The third-order valence-electron chi connectivity index (χ3n) is 7.43. The standard InChI is InChI=1S/C24H34N4O4.C6H8O7/c1-16(2)23-25-19-15-27(7-6-18(19)24(26-23)28-8-10-32-11-9-28)14-17-12-21(30-4)22(31-5)13-20(17)29-3;7-3(8)1-6(13,5(11)12)2-4(9)10/h12-13,16H,6-11,14-15H2,1-5H3;13H,1-2H2,(H,7,8)(H,9,10)(H,11,12). The molecule has 248 valence electrons. The van der Waals surface area contributed by atoms with Crippen molar-refractivity contribution in [3.05, 3.63) is 34.8 Å². The highest BCUT2D eigenvalue weighted by atomic mass is 16.5. The van der Waals surface area contributed by atoms with Crippen molar-refractivity contribution in [3.8, 4) is 17.2 Å². The Balaban J connectivity index is 0.000000360. The van der Waals surface area contributed by atoms with Crippen LogP contribution in [0.1, 0.15) is 55.3 Å². The number of ether oxygens (including phenoxy) is 4. The van der Waals surface area contributed by atoms with Gasteiger partial charge in [-0.1, -0.05) is 13.8 Å². The monoisotopic (exact) mass is 634 g/mol. The number of rotatable bonds is 12. The lowest BCUT2D eigenvalue weighted by Gasteiger charge is -2.34. The number of aliphatic carboxylic acids is 3. The van der Waals surface area contributed by atoms with Crippen molar-refractivity contribution < 1.29 is 53.8 Å². The predicted molar refractivity (Wildman–Crippen MR) is 160 cm³/mol. The van der Waals surface area contributed by atoms with Crippen LogP contribution in [-0.2, 0) is 38.6 Å². The van der Waals surface area contributed by atoms with Crippen molar-refractivity contribution in [1.82, 2.24) is 14.9 Å². The Hall–Kier alpha value is -4.21. The Labute approximate surface area is 261 Å². The molecule has 1 aromatic carbocycles. The number of nitrogens with zero attached hydrogens (tertiary/aromatic N) is 4. The topological polar surface area (TPSA) is 201 Å². The molecule has 0 bridgehead atoms. The van der Waals surface area contributed by atoms with E-state index >= 15 is 0 Å². The third-order valence-corrected chi connectivity index (χ3v) is 7.43. The lowest BCUT2D eigenvalue weighted by Crippen LogP contribution is -2.42. The summed E-state index contributed by atoms with van der Waals surface area (Å²) in [5, 5.41) is 33.8. The number of carbonyl (C=O) groups is 3. The molecular formula is C30H42N4O11. The molecule has 0 atom stereocenters. The molecule has 2 aromatic rings. The molecular weight excluding hydrogens is 592 g/mol. The number of carboxylic acid groups (broad SMARTS) is 3. The SMILES string of the molecule is COc1cc(OC)c(OC)cc1CN1CCc2c(nc(C(C)C)nc2N2CCOCC2)C1.O=C(O)CC(O)(CC(=O)O)C(=O)O. The molecule has 4 N–H and O–H groups in total. The van der Waals surface area contributed by atoms with Gasteiger partial charge in [0.05, 0.1) is 53.1 Å². The van der Waals surface area contributed by atoms with E-state index in [2.05, 4.69) is 23.6 Å². The lowest BCUT2D eigenvalue weighted by atomic mass is 9.96. The number of benzene rings is 1. The van der Waals surface area contributed by atoms with E-state index in [1.165, 1.54) is 5.56 Å². The smallest absolute Gasteiger partial charge is 0.336 e. The third kappa shape index (κ3) is 9.15. The first-order valence-corrected chi connectivity index (χ1v) is 14.4. The van der Waals surface area contributed by atoms with E-state index in [1.54, 1.807) is 21.3 Å². The predicted octanol–water partition coefficient (Wildman–Crippen LogP) is 1.77. The molecule has 3 heterocycles. The summed E-state index contributed by atoms with van der Waals surface area (Å²) in [7, 11) is 4.98. The van der Waals surface area contributed by atoms with Gasteiger partial charge in [-0.05, 0) is 12.5 Å². The number of methoxy groups -OCH3 is 3. The molecule has 15 nitrogen and oxygen atoms in total. The molecule has 0 amide bonds. The summed E-state index contributed by atoms with van der Waals surface area (Å²) < 4.78 is 22.1. The van der Waals surface area contributed by atoms with Crippen LogP contribution in [0.2, 0.25) is 0 Å². The summed E-state index contributed by atoms with van der Waals surface area (Å²) in [5.74, 6) is -0.550. The van der Waals surface area contributed by atoms with Gasteiger partial charge in [0.2, 0.25) is 0 Å². The van der Waals surface area contributed by atoms with Gasteiger partial charge in [-0.2, -0.15) is 0 Å². The number of fused-ring (bicyclic) bond motifs is 1. The van der Waals surface area contributed by atoms with Crippen LogP contribution in [0.15, 0.2) is 12.1 Å². The molecule has 2 aliphatic rings. The van der Waals surface area contributed by atoms with Gasteiger partial charge >= 0.3 is 17.9 Å². The fourth-order valence-electron chi connectivity index (χ4n) is 5.08. The van der Waals surface area contributed by atoms with Crippen LogP contribution in [0.4, 0.5) is 5.82 Å². The Morgan fingerprint density at radius 3 is 2.00 bits per heavy atom. The van der Waals surface area contributed by atoms with Crippen LogP contribution in [-0.4, -0.2) is 113 Å². The van der Waals surface area contributed by atoms with Crippen molar-refractivity contribution in [1.29, 1.82) is 0 Å². The first-order valence-electron chi connectivity index (χ1n) is 14.4. The second-order valence-corrected chi connectivity index (χ2v) is 11.0. The molecule has 0 aliphatic carbocycles. The fourth-order valence-corrected chi connectivity index (χ4v) is 5.08. The van der Waals surface area contributed by atoms with Gasteiger partial charge < -0.3 is 44.3 Å². The molecule has 0 unspecified atom stereocenters. The van der Waals surface area contributed by atoms with Crippen LogP contribution in [0.25, 0.3) is 0 Å². The quantitative estimate of drug-likeness (QED) is 0.263. The molecule has 4 rings (SSSR count). The van der Waals surface area contributed by atoms with E-state index < -0.39 is 36.4 Å². The van der Waals surface area contributed by atoms with E-state index in [0.717, 1.165) is 81.0 Å². The molecule has 1 saturated heterocycles. The normalized spacial score (nSPS) is 15.0. The van der Waals surface area contributed by atoms with Crippen molar-refractivity contribution in [3.63, 3.8) is 0 Å². The maximum atomic E-state index is 10.3. The summed E-state index contributed by atoms with van der Waals surface area (Å²) in [6.07, 6.45) is -1.36. The van der Waals surface area contributed by atoms with Crippen molar-refractivity contribution in [2.45, 2.75) is 57.7 Å². The van der Waals surface area contributed by atoms with Crippen LogP contribution < -0.4 is 19.1 Å². The highest BCUT2D eigenvalue weighted by molar-refractivity contribution is 5.88. The molecule has 1 fully saturated rings. The maximum Gasteiger partial charge on any atom is 0.336 e. The summed E-state index contributed by atoms with van der Waals surface area (Å²) in [6, 6.07) is 3.90. The number of aliphatic hydroxyl groups is 1. The molecule has 0 spiro atoms. The van der Waals surface area contributed by atoms with Crippen molar-refractivity contribution in [2.75, 3.05) is 59.1 Å². The summed E-state index contributed by atoms with van der Waals surface area (Å²) >= 11 is 0. The number of carboxylic acids is 3. The minimum Gasteiger partial charge on any atom is -0.496 e. The van der Waals surface area contributed by atoms with Crippen LogP contribution in [0, 0.1) is 0 Å². The Morgan fingerprint density at radius 2 is 1.49 bits per heavy atom. The Morgan fingerprint density at radius 1 is 0.911 bits per heavy atom. The van der Waals surface area contributed by atoms with E-state index in [9.17, 15) is 14.4 Å². The fraction of sp³-hybridized carbons (Fsp3) is 0.567. The number of hydrogen-bond donors (Lipinski definition) is 4. The first-order chi connectivity index (χ1) is 21.3. The van der Waals surface area contributed by atoms with Gasteiger partial charge in [0, 0.05) is 55.8 Å². The zero-order valence-corrected chi connectivity index (χ0v) is 26.2. The molecule has 2 aliphatic heterocycles. The average molecular weight is 635 g/mol. The maximum absolute atomic E-state index is 10.3. The van der Waals surface area contributed by atoms with Crippen molar-refractivity contribution in [2.24, 2.45) is 0 Å². The number of morpholine rings is 1. The Kier molecular flexibility index (Phi) is 12.3. The summed E-state index contributed by atoms with van der Waals surface area (Å²) in [5.41, 5.74) is 0.750. The summed E-state index contributed by atoms with van der Waals surface area (Å²) in [4.78, 5) is 45.2. The second kappa shape index (κ2) is 15.7. The number of hydrogen-bond acceptors (Lipinski definition) is 12. The van der Waals surface area contributed by atoms with Crippen LogP contribution in [0.3, 0.4) is 0 Å². The molecule has 45 heavy (non-hydrogen) atoms. The highest BCUT2D eigenvalue weighted by Gasteiger charge is 2.40. The van der Waals surface area contributed by atoms with Gasteiger partial charge in [0.15, 0.2) is 17.1 Å². The minimum absolute atomic E-state index is 0.279. The lowest BCUT2D eigenvalue weighted by molar-refractivity contribution is -0.170. The van der Waals surface area contributed by atoms with Gasteiger partial charge in [-0.3, -0.25) is 14.5 Å². The number of anilines is 1. The van der Waals surface area contributed by atoms with Gasteiger partial charge in [0.1, 0.15) is 17.4 Å². The minimum atomic E-state index is -2.74. The van der Waals surface area contributed by atoms with Crippen LogP contribution in [0.5, 0.6) is 17.2 Å². The van der Waals surface area contributed by atoms with E-state index in [4.69, 9.17) is 49.3 Å². The van der Waals surface area contributed by atoms with Gasteiger partial charge in [-0.25, -0.2) is 14.8 Å². The number of aromatic nitrogens is 2. The zero-order valence-electron chi connectivity index (χ0n) is 26.2.